The van der Waals surface area contributed by atoms with Gasteiger partial charge in [0.2, 0.25) is 0 Å². The van der Waals surface area contributed by atoms with Crippen molar-refractivity contribution in [2.75, 3.05) is 5.75 Å². The molecule has 0 N–H and O–H groups in total. The van der Waals surface area contributed by atoms with Gasteiger partial charge in [-0.2, -0.15) is 0 Å². The van der Waals surface area contributed by atoms with Gasteiger partial charge in [0.15, 0.2) is 16.8 Å². The first kappa shape index (κ1) is 19.2. The van der Waals surface area contributed by atoms with Crippen molar-refractivity contribution in [3.05, 3.63) is 83.7 Å². The molecule has 3 rings (SSSR count). The van der Waals surface area contributed by atoms with E-state index in [1.54, 1.807) is 30.3 Å². The average Bonchev–Trinajstić information content (AvgIpc) is 3.08. The Morgan fingerprint density at radius 2 is 1.89 bits per heavy atom. The molecule has 0 radical (unpaired) electrons. The summed E-state index contributed by atoms with van der Waals surface area (Å²) in [4.78, 5) is 12.3. The third-order valence-corrected chi connectivity index (χ3v) is 4.93. The maximum absolute atomic E-state index is 12.3. The zero-order valence-corrected chi connectivity index (χ0v) is 16.1. The van der Waals surface area contributed by atoms with Crippen molar-refractivity contribution >= 4 is 29.1 Å². The number of halogens is 1. The van der Waals surface area contributed by atoms with Crippen LogP contribution in [0.4, 0.5) is 0 Å². The summed E-state index contributed by atoms with van der Waals surface area (Å²) < 4.78 is 7.64. The number of hydrogen-bond donors (Lipinski definition) is 0. The second kappa shape index (κ2) is 9.39. The zero-order chi connectivity index (χ0) is 19.1. The third-order valence-electron chi connectivity index (χ3n) is 3.71. The number of nitrogens with zero attached hydrogens (tertiary/aromatic N) is 3. The minimum Gasteiger partial charge on any atom is -0.486 e. The van der Waals surface area contributed by atoms with Gasteiger partial charge in [0.05, 0.1) is 5.75 Å². The normalized spacial score (nSPS) is 10.6. The van der Waals surface area contributed by atoms with E-state index < -0.39 is 0 Å². The van der Waals surface area contributed by atoms with Crippen LogP contribution in [0, 0.1) is 0 Å². The molecule has 138 valence electrons. The van der Waals surface area contributed by atoms with Crippen LogP contribution in [0.2, 0.25) is 5.02 Å². The Labute approximate surface area is 167 Å². The second-order valence-electron chi connectivity index (χ2n) is 5.62. The number of rotatable bonds is 9. The van der Waals surface area contributed by atoms with E-state index >= 15 is 0 Å². The molecule has 0 aliphatic carbocycles. The molecule has 0 amide bonds. The lowest BCUT2D eigenvalue weighted by atomic mass is 10.2. The second-order valence-corrected chi connectivity index (χ2v) is 7.00. The Morgan fingerprint density at radius 3 is 2.59 bits per heavy atom. The Kier molecular flexibility index (Phi) is 6.68. The Morgan fingerprint density at radius 1 is 1.15 bits per heavy atom. The fourth-order valence-corrected chi connectivity index (χ4v) is 3.35. The molecule has 2 aromatic carbocycles. The van der Waals surface area contributed by atoms with Crippen LogP contribution in [0.5, 0.6) is 5.75 Å². The van der Waals surface area contributed by atoms with Gasteiger partial charge < -0.3 is 4.74 Å². The molecule has 0 saturated heterocycles. The van der Waals surface area contributed by atoms with Crippen molar-refractivity contribution in [1.29, 1.82) is 0 Å². The summed E-state index contributed by atoms with van der Waals surface area (Å²) in [6, 6.07) is 16.3. The van der Waals surface area contributed by atoms with Crippen molar-refractivity contribution in [2.24, 2.45) is 0 Å². The van der Waals surface area contributed by atoms with Gasteiger partial charge in [-0.15, -0.1) is 16.8 Å². The number of aromatic nitrogens is 3. The molecule has 7 heteroatoms. The summed E-state index contributed by atoms with van der Waals surface area (Å²) >= 11 is 7.23. The molecule has 27 heavy (non-hydrogen) atoms. The molecule has 3 aromatic rings. The van der Waals surface area contributed by atoms with Crippen molar-refractivity contribution in [3.8, 4) is 5.75 Å². The lowest BCUT2D eigenvalue weighted by Crippen LogP contribution is -2.08. The first-order chi connectivity index (χ1) is 13.2. The van der Waals surface area contributed by atoms with E-state index in [4.69, 9.17) is 16.3 Å². The first-order valence-electron chi connectivity index (χ1n) is 8.30. The van der Waals surface area contributed by atoms with Crippen LogP contribution in [0.15, 0.2) is 72.4 Å². The number of Topliss-reactive ketones (excluding diaryl/α,β-unsaturated/α-hetero) is 1. The number of benzene rings is 2. The van der Waals surface area contributed by atoms with Gasteiger partial charge in [-0.25, -0.2) is 0 Å². The number of ether oxygens (including phenoxy) is 1. The maximum Gasteiger partial charge on any atom is 0.192 e. The first-order valence-corrected chi connectivity index (χ1v) is 9.66. The Bertz CT molecular complexity index is 911. The molecule has 0 aliphatic heterocycles. The molecule has 0 fully saturated rings. The largest absolute Gasteiger partial charge is 0.486 e. The molecule has 0 saturated carbocycles. The van der Waals surface area contributed by atoms with Crippen molar-refractivity contribution in [2.45, 2.75) is 18.3 Å². The smallest absolute Gasteiger partial charge is 0.192 e. The van der Waals surface area contributed by atoms with Gasteiger partial charge in [0.1, 0.15) is 12.4 Å². The lowest BCUT2D eigenvalue weighted by Gasteiger charge is -2.09. The van der Waals surface area contributed by atoms with Crippen LogP contribution >= 0.6 is 23.4 Å². The highest BCUT2D eigenvalue weighted by molar-refractivity contribution is 7.99. The van der Waals surface area contributed by atoms with E-state index in [9.17, 15) is 4.79 Å². The van der Waals surface area contributed by atoms with Crippen molar-refractivity contribution < 1.29 is 9.53 Å². The highest BCUT2D eigenvalue weighted by Gasteiger charge is 2.14. The number of allylic oxidation sites excluding steroid dienone is 1. The predicted octanol–water partition coefficient (Wildman–Crippen LogP) is 4.67. The topological polar surface area (TPSA) is 57.0 Å². The average molecular weight is 400 g/mol. The zero-order valence-electron chi connectivity index (χ0n) is 14.5. The summed E-state index contributed by atoms with van der Waals surface area (Å²) in [5.41, 5.74) is 0.686. The van der Waals surface area contributed by atoms with Gasteiger partial charge in [-0.3, -0.25) is 9.36 Å². The van der Waals surface area contributed by atoms with Gasteiger partial charge in [-0.1, -0.05) is 59.8 Å². The van der Waals surface area contributed by atoms with E-state index in [1.807, 2.05) is 34.9 Å². The van der Waals surface area contributed by atoms with E-state index in [1.165, 1.54) is 11.8 Å². The molecular formula is C20H18ClN3O2S. The predicted molar refractivity (Wildman–Crippen MR) is 107 cm³/mol. The van der Waals surface area contributed by atoms with E-state index in [0.717, 1.165) is 0 Å². The summed E-state index contributed by atoms with van der Waals surface area (Å²) in [6.45, 7) is 4.58. The van der Waals surface area contributed by atoms with E-state index in [0.29, 0.717) is 33.9 Å². The van der Waals surface area contributed by atoms with Crippen molar-refractivity contribution in [1.82, 2.24) is 14.8 Å². The summed E-state index contributed by atoms with van der Waals surface area (Å²) in [5.74, 6) is 1.70. The van der Waals surface area contributed by atoms with Gasteiger partial charge in [-0.05, 0) is 24.3 Å². The molecule has 0 unspecified atom stereocenters. The van der Waals surface area contributed by atoms with Crippen LogP contribution in [-0.4, -0.2) is 26.3 Å². The fourth-order valence-electron chi connectivity index (χ4n) is 2.36. The van der Waals surface area contributed by atoms with E-state index in [2.05, 4.69) is 16.8 Å². The SMILES string of the molecule is C=CCn1c(COc2ccc(Cl)cc2)nnc1SCC(=O)c1ccccc1. The fraction of sp³-hybridized carbons (Fsp3) is 0.150. The standard InChI is InChI=1S/C20H18ClN3O2S/c1-2-12-24-19(13-26-17-10-8-16(21)9-11-17)22-23-20(24)27-14-18(25)15-6-4-3-5-7-15/h2-11H,1,12-14H2. The van der Waals surface area contributed by atoms with Crippen LogP contribution < -0.4 is 4.74 Å². The quantitative estimate of drug-likeness (QED) is 0.297. The molecular weight excluding hydrogens is 382 g/mol. The number of ketones is 1. The van der Waals surface area contributed by atoms with Crippen LogP contribution in [0.3, 0.4) is 0 Å². The molecule has 1 aromatic heterocycles. The molecule has 5 nitrogen and oxygen atoms in total. The molecule has 0 atom stereocenters. The molecule has 0 aliphatic rings. The van der Waals surface area contributed by atoms with Gasteiger partial charge in [0, 0.05) is 17.1 Å². The number of carbonyl (C=O) groups excluding carboxylic acids is 1. The van der Waals surface area contributed by atoms with Crippen LogP contribution in [0.25, 0.3) is 0 Å². The number of hydrogen-bond acceptors (Lipinski definition) is 5. The van der Waals surface area contributed by atoms with Crippen molar-refractivity contribution in [3.63, 3.8) is 0 Å². The van der Waals surface area contributed by atoms with Crippen LogP contribution in [-0.2, 0) is 13.2 Å². The third kappa shape index (κ3) is 5.21. The van der Waals surface area contributed by atoms with Gasteiger partial charge in [0.25, 0.3) is 0 Å². The lowest BCUT2D eigenvalue weighted by molar-refractivity contribution is 0.102. The summed E-state index contributed by atoms with van der Waals surface area (Å²) in [5, 5.41) is 9.71. The molecule has 0 spiro atoms. The monoisotopic (exact) mass is 399 g/mol. The number of carbonyl (C=O) groups is 1. The number of thioether (sulfide) groups is 1. The summed E-state index contributed by atoms with van der Waals surface area (Å²) in [7, 11) is 0. The summed E-state index contributed by atoms with van der Waals surface area (Å²) in [6.07, 6.45) is 1.76. The van der Waals surface area contributed by atoms with E-state index in [-0.39, 0.29) is 18.1 Å². The van der Waals surface area contributed by atoms with Gasteiger partial charge >= 0.3 is 0 Å². The maximum atomic E-state index is 12.3. The Hall–Kier alpha value is -2.57. The molecule has 1 heterocycles. The Balaban J connectivity index is 1.66. The highest BCUT2D eigenvalue weighted by Crippen LogP contribution is 2.21. The minimum atomic E-state index is 0.0488. The highest BCUT2D eigenvalue weighted by atomic mass is 35.5. The van der Waals surface area contributed by atoms with Crippen LogP contribution in [0.1, 0.15) is 16.2 Å². The minimum absolute atomic E-state index is 0.0488. The molecule has 0 bridgehead atoms.